The monoisotopic (exact) mass is 322 g/mol. The highest BCUT2D eigenvalue weighted by atomic mass is 79.9. The predicted molar refractivity (Wildman–Crippen MR) is 50.1 cm³/mol. The molecule has 96 valence electrons. The van der Waals surface area contributed by atoms with Crippen LogP contribution in [0.3, 0.4) is 0 Å². The molecule has 1 N–H and O–H groups in total. The van der Waals surface area contributed by atoms with Crippen molar-refractivity contribution in [3.8, 4) is 0 Å². The van der Waals surface area contributed by atoms with Gasteiger partial charge in [-0.05, 0) is 12.1 Å². The smallest absolute Gasteiger partial charge is 0.392 e. The van der Waals surface area contributed by atoms with Gasteiger partial charge in [0.2, 0.25) is 0 Å². The lowest BCUT2D eigenvalue weighted by molar-refractivity contribution is -0.145. The van der Waals surface area contributed by atoms with Crippen molar-refractivity contribution < 1.29 is 31.4 Å². The summed E-state index contributed by atoms with van der Waals surface area (Å²) in [5.74, 6) is 0. The van der Waals surface area contributed by atoms with Crippen LogP contribution in [0.1, 0.15) is 16.7 Å². The Morgan fingerprint density at radius 3 is 1.88 bits per heavy atom. The normalized spacial score (nSPS) is 12.9. The standard InChI is InChI=1S/C9H5BrF6O/c10-6-2-1-5(8(11,12)13)4(3-17)7(6)9(14,15)16/h1-2,17H,3H2. The van der Waals surface area contributed by atoms with E-state index < -0.39 is 40.1 Å². The van der Waals surface area contributed by atoms with Crippen LogP contribution in [0.15, 0.2) is 16.6 Å². The van der Waals surface area contributed by atoms with E-state index in [2.05, 4.69) is 15.9 Å². The van der Waals surface area contributed by atoms with Crippen LogP contribution in [-0.4, -0.2) is 5.11 Å². The number of rotatable bonds is 1. The molecule has 0 saturated carbocycles. The fourth-order valence-corrected chi connectivity index (χ4v) is 1.95. The van der Waals surface area contributed by atoms with Crippen LogP contribution in [-0.2, 0) is 19.0 Å². The van der Waals surface area contributed by atoms with E-state index in [1.165, 1.54) is 0 Å². The molecule has 0 fully saturated rings. The first kappa shape index (κ1) is 14.3. The van der Waals surface area contributed by atoms with Gasteiger partial charge in [0.05, 0.1) is 17.7 Å². The van der Waals surface area contributed by atoms with Gasteiger partial charge >= 0.3 is 12.4 Å². The third-order valence-electron chi connectivity index (χ3n) is 2.01. The number of benzene rings is 1. The maximum atomic E-state index is 12.6. The summed E-state index contributed by atoms with van der Waals surface area (Å²) in [4.78, 5) is 0. The molecule has 0 aliphatic rings. The van der Waals surface area contributed by atoms with Crippen molar-refractivity contribution in [2.45, 2.75) is 19.0 Å². The summed E-state index contributed by atoms with van der Waals surface area (Å²) in [6.07, 6.45) is -9.92. The first-order chi connectivity index (χ1) is 7.59. The molecule has 0 heterocycles. The Labute approximate surface area is 100 Å². The molecule has 0 aliphatic heterocycles. The second kappa shape index (κ2) is 4.49. The lowest BCUT2D eigenvalue weighted by Crippen LogP contribution is -2.17. The Hall–Kier alpha value is -0.760. The zero-order chi connectivity index (χ0) is 13.4. The molecule has 0 unspecified atom stereocenters. The third-order valence-corrected chi connectivity index (χ3v) is 2.67. The minimum atomic E-state index is -4.97. The highest BCUT2D eigenvalue weighted by Gasteiger charge is 2.41. The topological polar surface area (TPSA) is 20.2 Å². The average molecular weight is 323 g/mol. The Bertz CT molecular complexity index is 423. The van der Waals surface area contributed by atoms with E-state index >= 15 is 0 Å². The van der Waals surface area contributed by atoms with Gasteiger partial charge in [-0.25, -0.2) is 0 Å². The lowest BCUT2D eigenvalue weighted by Gasteiger charge is -2.18. The molecule has 0 radical (unpaired) electrons. The Kier molecular flexibility index (Phi) is 3.78. The summed E-state index contributed by atoms with van der Waals surface area (Å²) in [7, 11) is 0. The summed E-state index contributed by atoms with van der Waals surface area (Å²) in [5, 5.41) is 8.73. The molecule has 0 aromatic heterocycles. The van der Waals surface area contributed by atoms with Gasteiger partial charge in [-0.1, -0.05) is 15.9 Å². The van der Waals surface area contributed by atoms with Crippen LogP contribution >= 0.6 is 15.9 Å². The molecular weight excluding hydrogens is 318 g/mol. The van der Waals surface area contributed by atoms with Gasteiger partial charge in [0.25, 0.3) is 0 Å². The van der Waals surface area contributed by atoms with Crippen LogP contribution in [0.5, 0.6) is 0 Å². The third kappa shape index (κ3) is 2.92. The molecule has 1 aromatic rings. The number of halogens is 7. The molecule has 1 nitrogen and oxygen atoms in total. The maximum Gasteiger partial charge on any atom is 0.417 e. The zero-order valence-electron chi connectivity index (χ0n) is 7.95. The van der Waals surface area contributed by atoms with Crippen molar-refractivity contribution in [2.75, 3.05) is 0 Å². The Morgan fingerprint density at radius 1 is 1.00 bits per heavy atom. The number of hydrogen-bond donors (Lipinski definition) is 1. The average Bonchev–Trinajstić information content (AvgIpc) is 2.12. The predicted octanol–water partition coefficient (Wildman–Crippen LogP) is 3.98. The van der Waals surface area contributed by atoms with E-state index in [4.69, 9.17) is 5.11 Å². The molecule has 1 aromatic carbocycles. The van der Waals surface area contributed by atoms with Crippen molar-refractivity contribution in [3.63, 3.8) is 0 Å². The van der Waals surface area contributed by atoms with E-state index in [-0.39, 0.29) is 0 Å². The van der Waals surface area contributed by atoms with Gasteiger partial charge in [0, 0.05) is 10.0 Å². The fourth-order valence-electron chi connectivity index (χ4n) is 1.36. The van der Waals surface area contributed by atoms with Gasteiger partial charge in [0.15, 0.2) is 0 Å². The van der Waals surface area contributed by atoms with E-state index in [0.29, 0.717) is 12.1 Å². The second-order valence-electron chi connectivity index (χ2n) is 3.10. The first-order valence-corrected chi connectivity index (χ1v) is 4.95. The molecule has 1 rings (SSSR count). The Morgan fingerprint density at radius 2 is 1.53 bits per heavy atom. The van der Waals surface area contributed by atoms with E-state index in [1.54, 1.807) is 0 Å². The summed E-state index contributed by atoms with van der Waals surface area (Å²) >= 11 is 2.53. The van der Waals surface area contributed by atoms with Crippen molar-refractivity contribution in [1.29, 1.82) is 0 Å². The van der Waals surface area contributed by atoms with Crippen LogP contribution < -0.4 is 0 Å². The molecule has 0 saturated heterocycles. The van der Waals surface area contributed by atoms with Gasteiger partial charge in [-0.2, -0.15) is 26.3 Å². The van der Waals surface area contributed by atoms with Gasteiger partial charge in [0.1, 0.15) is 0 Å². The quantitative estimate of drug-likeness (QED) is 0.775. The van der Waals surface area contributed by atoms with Crippen LogP contribution in [0.2, 0.25) is 0 Å². The maximum absolute atomic E-state index is 12.6. The summed E-state index contributed by atoms with van der Waals surface area (Å²) in [6.45, 7) is -1.34. The molecule has 0 spiro atoms. The number of aliphatic hydroxyl groups excluding tert-OH is 1. The molecule has 0 bridgehead atoms. The minimum absolute atomic E-state index is 0.491. The van der Waals surface area contributed by atoms with Crippen molar-refractivity contribution in [2.24, 2.45) is 0 Å². The number of hydrogen-bond acceptors (Lipinski definition) is 1. The van der Waals surface area contributed by atoms with E-state index in [1.807, 2.05) is 0 Å². The highest BCUT2D eigenvalue weighted by Crippen LogP contribution is 2.42. The zero-order valence-corrected chi connectivity index (χ0v) is 9.54. The van der Waals surface area contributed by atoms with Crippen LogP contribution in [0.25, 0.3) is 0 Å². The summed E-state index contributed by atoms with van der Waals surface area (Å²) in [6, 6.07) is 1.15. The molecule has 17 heavy (non-hydrogen) atoms. The van der Waals surface area contributed by atoms with Gasteiger partial charge < -0.3 is 5.11 Å². The van der Waals surface area contributed by atoms with Crippen molar-refractivity contribution in [3.05, 3.63) is 33.3 Å². The SMILES string of the molecule is OCc1c(C(F)(F)F)ccc(Br)c1C(F)(F)F. The second-order valence-corrected chi connectivity index (χ2v) is 3.96. The molecular formula is C9H5BrF6O. The van der Waals surface area contributed by atoms with Crippen molar-refractivity contribution >= 4 is 15.9 Å². The number of aliphatic hydroxyl groups is 1. The van der Waals surface area contributed by atoms with Crippen LogP contribution in [0, 0.1) is 0 Å². The molecule has 8 heteroatoms. The largest absolute Gasteiger partial charge is 0.417 e. The van der Waals surface area contributed by atoms with Gasteiger partial charge in [-0.15, -0.1) is 0 Å². The molecule has 0 atom stereocenters. The van der Waals surface area contributed by atoms with Crippen molar-refractivity contribution in [1.82, 2.24) is 0 Å². The minimum Gasteiger partial charge on any atom is -0.392 e. The van der Waals surface area contributed by atoms with E-state index in [9.17, 15) is 26.3 Å². The number of alkyl halides is 6. The Balaban J connectivity index is 3.60. The summed E-state index contributed by atoms with van der Waals surface area (Å²) in [5.41, 5.74) is -4.18. The fraction of sp³-hybridized carbons (Fsp3) is 0.333. The molecule has 0 amide bonds. The van der Waals surface area contributed by atoms with Gasteiger partial charge in [-0.3, -0.25) is 0 Å². The highest BCUT2D eigenvalue weighted by molar-refractivity contribution is 9.10. The van der Waals surface area contributed by atoms with E-state index in [0.717, 1.165) is 0 Å². The molecule has 0 aliphatic carbocycles. The first-order valence-electron chi connectivity index (χ1n) is 4.15. The summed E-state index contributed by atoms with van der Waals surface area (Å²) < 4.78 is 74.5. The van der Waals surface area contributed by atoms with Crippen LogP contribution in [0.4, 0.5) is 26.3 Å². The lowest BCUT2D eigenvalue weighted by atomic mass is 10.0.